The second-order valence-electron chi connectivity index (χ2n) is 5.61. The maximum Gasteiger partial charge on any atom is 0.411 e. The molecule has 1 aliphatic heterocycles. The molecule has 0 saturated carbocycles. The van der Waals surface area contributed by atoms with Crippen LogP contribution < -0.4 is 11.0 Å². The molecule has 0 spiro atoms. The van der Waals surface area contributed by atoms with Gasteiger partial charge in [-0.1, -0.05) is 18.2 Å². The van der Waals surface area contributed by atoms with Crippen molar-refractivity contribution < 1.29 is 14.3 Å². The van der Waals surface area contributed by atoms with Gasteiger partial charge in [-0.25, -0.2) is 9.59 Å². The van der Waals surface area contributed by atoms with E-state index < -0.39 is 17.9 Å². The summed E-state index contributed by atoms with van der Waals surface area (Å²) >= 11 is 0. The molecule has 1 aliphatic rings. The number of rotatable bonds is 3. The molecular weight excluding hydrogens is 324 g/mol. The highest BCUT2D eigenvalue weighted by molar-refractivity contribution is 6.03. The Kier molecular flexibility index (Phi) is 4.78. The van der Waals surface area contributed by atoms with E-state index in [9.17, 15) is 14.4 Å². The van der Waals surface area contributed by atoms with E-state index in [0.717, 1.165) is 6.42 Å². The van der Waals surface area contributed by atoms with Gasteiger partial charge in [0.25, 0.3) is 5.91 Å². The number of carbonyl (C=O) groups is 2. The zero-order valence-electron chi connectivity index (χ0n) is 13.7. The Balaban J connectivity index is 1.78. The van der Waals surface area contributed by atoms with E-state index in [1.54, 1.807) is 24.3 Å². The Labute approximate surface area is 144 Å². The molecule has 1 N–H and O–H groups in total. The average molecular weight is 342 g/mol. The van der Waals surface area contributed by atoms with Gasteiger partial charge in [-0.2, -0.15) is 4.98 Å². The summed E-state index contributed by atoms with van der Waals surface area (Å²) in [5.74, 6) is -0.181. The number of amides is 2. The zero-order chi connectivity index (χ0) is 17.8. The Hall–Kier alpha value is -3.16. The van der Waals surface area contributed by atoms with Crippen LogP contribution in [0.3, 0.4) is 0 Å². The summed E-state index contributed by atoms with van der Waals surface area (Å²) in [5, 5.41) is 2.59. The van der Waals surface area contributed by atoms with Crippen molar-refractivity contribution in [2.75, 3.05) is 19.0 Å². The van der Waals surface area contributed by atoms with Crippen LogP contribution in [0.4, 0.5) is 10.6 Å². The van der Waals surface area contributed by atoms with Crippen LogP contribution in [0.1, 0.15) is 29.4 Å². The van der Waals surface area contributed by atoms with Gasteiger partial charge in [-0.3, -0.25) is 14.3 Å². The van der Waals surface area contributed by atoms with E-state index in [1.165, 1.54) is 28.8 Å². The molecule has 0 bridgehead atoms. The number of carbonyl (C=O) groups excluding carboxylic acids is 2. The lowest BCUT2D eigenvalue weighted by molar-refractivity contribution is 0.102. The first-order chi connectivity index (χ1) is 12.1. The summed E-state index contributed by atoms with van der Waals surface area (Å²) in [7, 11) is 1.31. The van der Waals surface area contributed by atoms with Gasteiger partial charge in [0.2, 0.25) is 0 Å². The number of ether oxygens (including phenoxy) is 1. The summed E-state index contributed by atoms with van der Waals surface area (Å²) in [6, 6.07) is 10.2. The van der Waals surface area contributed by atoms with E-state index in [-0.39, 0.29) is 11.7 Å². The molecule has 1 atom stereocenters. The molecule has 2 heterocycles. The van der Waals surface area contributed by atoms with Crippen LogP contribution in [-0.4, -0.2) is 40.1 Å². The van der Waals surface area contributed by atoms with Crippen LogP contribution in [0, 0.1) is 0 Å². The first-order valence-corrected chi connectivity index (χ1v) is 7.90. The first kappa shape index (κ1) is 16.7. The molecule has 0 aliphatic carbocycles. The highest BCUT2D eigenvalue weighted by Crippen LogP contribution is 2.26. The van der Waals surface area contributed by atoms with Gasteiger partial charge in [-0.15, -0.1) is 0 Å². The lowest BCUT2D eigenvalue weighted by atomic mass is 10.2. The van der Waals surface area contributed by atoms with E-state index in [2.05, 4.69) is 10.3 Å². The van der Waals surface area contributed by atoms with Crippen LogP contribution in [0.2, 0.25) is 0 Å². The molecule has 0 unspecified atom stereocenters. The van der Waals surface area contributed by atoms with E-state index in [0.29, 0.717) is 18.5 Å². The third-order valence-corrected chi connectivity index (χ3v) is 4.06. The molecule has 2 aromatic rings. The minimum Gasteiger partial charge on any atom is -0.453 e. The summed E-state index contributed by atoms with van der Waals surface area (Å²) in [4.78, 5) is 41.6. The lowest BCUT2D eigenvalue weighted by Crippen LogP contribution is -2.38. The number of hydrogen-bond acceptors (Lipinski definition) is 5. The van der Waals surface area contributed by atoms with Crippen molar-refractivity contribution in [1.82, 2.24) is 14.5 Å². The van der Waals surface area contributed by atoms with E-state index in [4.69, 9.17) is 4.74 Å². The highest BCUT2D eigenvalue weighted by Gasteiger charge is 2.31. The number of aromatic nitrogens is 2. The van der Waals surface area contributed by atoms with Crippen molar-refractivity contribution in [3.8, 4) is 0 Å². The minimum absolute atomic E-state index is 0.165. The van der Waals surface area contributed by atoms with Crippen LogP contribution in [0.25, 0.3) is 0 Å². The first-order valence-electron chi connectivity index (χ1n) is 7.90. The summed E-state index contributed by atoms with van der Waals surface area (Å²) < 4.78 is 6.12. The standard InChI is InChI=1S/C17H18N4O4/c1-25-17(24)21-10-5-8-14(21)20-11-9-13(19-16(20)23)18-15(22)12-6-3-2-4-7-12/h2-4,6-7,9,11,14H,5,8,10H2,1H3,(H,18,19,22,23)/t14-/m1/s1. The topological polar surface area (TPSA) is 93.5 Å². The number of benzene rings is 1. The van der Waals surface area contributed by atoms with Crippen LogP contribution in [0.15, 0.2) is 47.4 Å². The fourth-order valence-electron chi connectivity index (χ4n) is 2.86. The summed E-state index contributed by atoms with van der Waals surface area (Å²) in [6.07, 6.45) is 2.05. The fraction of sp³-hybridized carbons (Fsp3) is 0.294. The number of nitrogens with one attached hydrogen (secondary N) is 1. The molecule has 1 fully saturated rings. The average Bonchev–Trinajstić information content (AvgIpc) is 3.11. The van der Waals surface area contributed by atoms with E-state index >= 15 is 0 Å². The minimum atomic E-state index is -0.535. The van der Waals surface area contributed by atoms with Crippen LogP contribution in [0.5, 0.6) is 0 Å². The SMILES string of the molecule is COC(=O)N1CCC[C@@H]1n1ccc(NC(=O)c2ccccc2)nc1=O. The maximum atomic E-state index is 12.3. The predicted molar refractivity (Wildman–Crippen MR) is 90.3 cm³/mol. The Bertz CT molecular complexity index is 834. The monoisotopic (exact) mass is 342 g/mol. The zero-order valence-corrected chi connectivity index (χ0v) is 13.7. The highest BCUT2D eigenvalue weighted by atomic mass is 16.5. The number of hydrogen-bond donors (Lipinski definition) is 1. The van der Waals surface area contributed by atoms with Gasteiger partial charge in [0.1, 0.15) is 12.0 Å². The van der Waals surface area contributed by atoms with Crippen molar-refractivity contribution >= 4 is 17.8 Å². The molecule has 1 aromatic heterocycles. The van der Waals surface area contributed by atoms with Crippen LogP contribution >= 0.6 is 0 Å². The van der Waals surface area contributed by atoms with Gasteiger partial charge < -0.3 is 10.1 Å². The maximum absolute atomic E-state index is 12.3. The van der Waals surface area contributed by atoms with Crippen molar-refractivity contribution in [3.05, 3.63) is 58.6 Å². The Morgan fingerprint density at radius 1 is 1.24 bits per heavy atom. The molecule has 1 aromatic carbocycles. The van der Waals surface area contributed by atoms with Crippen LogP contribution in [-0.2, 0) is 4.74 Å². The largest absolute Gasteiger partial charge is 0.453 e. The molecule has 1 saturated heterocycles. The van der Waals surface area contributed by atoms with Crippen molar-refractivity contribution in [1.29, 1.82) is 0 Å². The van der Waals surface area contributed by atoms with E-state index in [1.807, 2.05) is 6.07 Å². The van der Waals surface area contributed by atoms with Crippen molar-refractivity contribution in [2.24, 2.45) is 0 Å². The molecule has 130 valence electrons. The Morgan fingerprint density at radius 3 is 2.68 bits per heavy atom. The molecular formula is C17H18N4O4. The predicted octanol–water partition coefficient (Wildman–Crippen LogP) is 1.86. The third-order valence-electron chi connectivity index (χ3n) is 4.06. The number of anilines is 1. The number of nitrogens with zero attached hydrogens (tertiary/aromatic N) is 3. The quantitative estimate of drug-likeness (QED) is 0.919. The second kappa shape index (κ2) is 7.16. The van der Waals surface area contributed by atoms with Gasteiger partial charge in [-0.05, 0) is 31.0 Å². The molecule has 0 radical (unpaired) electrons. The van der Waals surface area contributed by atoms with Gasteiger partial charge >= 0.3 is 11.8 Å². The van der Waals surface area contributed by atoms with Gasteiger partial charge in [0, 0.05) is 18.3 Å². The van der Waals surface area contributed by atoms with Gasteiger partial charge in [0.15, 0.2) is 0 Å². The fourth-order valence-corrected chi connectivity index (χ4v) is 2.86. The van der Waals surface area contributed by atoms with Crippen molar-refractivity contribution in [2.45, 2.75) is 19.0 Å². The normalized spacial score (nSPS) is 16.5. The number of methoxy groups -OCH3 is 1. The molecule has 25 heavy (non-hydrogen) atoms. The molecule has 8 nitrogen and oxygen atoms in total. The summed E-state index contributed by atoms with van der Waals surface area (Å²) in [6.45, 7) is 0.524. The lowest BCUT2D eigenvalue weighted by Gasteiger charge is -2.24. The second-order valence-corrected chi connectivity index (χ2v) is 5.61. The van der Waals surface area contributed by atoms with Crippen molar-refractivity contribution in [3.63, 3.8) is 0 Å². The summed E-state index contributed by atoms with van der Waals surface area (Å²) in [5.41, 5.74) is -0.0622. The Morgan fingerprint density at radius 2 is 2.00 bits per heavy atom. The molecule has 2 amide bonds. The number of likely N-dealkylation sites (tertiary alicyclic amines) is 1. The smallest absolute Gasteiger partial charge is 0.411 e. The third kappa shape index (κ3) is 3.52. The van der Waals surface area contributed by atoms with Gasteiger partial charge in [0.05, 0.1) is 7.11 Å². The molecule has 8 heteroatoms. The molecule has 3 rings (SSSR count).